The van der Waals surface area contributed by atoms with Crippen LogP contribution in [0.1, 0.15) is 99.8 Å². The first-order valence-electron chi connectivity index (χ1n) is 12.8. The molecule has 0 unspecified atom stereocenters. The van der Waals surface area contributed by atoms with Crippen LogP contribution in [0.4, 0.5) is 4.79 Å². The smallest absolute Gasteiger partial charge is 0.410 e. The summed E-state index contributed by atoms with van der Waals surface area (Å²) in [4.78, 5) is 13.2. The Morgan fingerprint density at radius 1 is 0.800 bits per heavy atom. The number of hydrogen-bond donors (Lipinski definition) is 1. The van der Waals surface area contributed by atoms with Crippen molar-refractivity contribution in [2.75, 3.05) is 52.4 Å². The SMILES string of the molecule is CC(C)(C)OC(=O)N1CCNCC1.CCCC[N+](CCCC)(CCCC)CCCC. The number of hydrogen-bond acceptors (Lipinski definition) is 3. The number of unbranched alkanes of at least 4 members (excludes halogenated alkanes) is 4. The van der Waals surface area contributed by atoms with E-state index in [2.05, 4.69) is 33.0 Å². The van der Waals surface area contributed by atoms with Gasteiger partial charge in [0, 0.05) is 26.2 Å². The van der Waals surface area contributed by atoms with Gasteiger partial charge in [0.1, 0.15) is 5.60 Å². The molecule has 180 valence electrons. The third-order valence-electron chi connectivity index (χ3n) is 5.71. The number of nitrogens with zero attached hydrogens (tertiary/aromatic N) is 2. The molecule has 1 rings (SSSR count). The molecule has 1 aliphatic heterocycles. The monoisotopic (exact) mass is 428 g/mol. The van der Waals surface area contributed by atoms with Gasteiger partial charge in [0.15, 0.2) is 0 Å². The van der Waals surface area contributed by atoms with Crippen molar-refractivity contribution in [2.24, 2.45) is 0 Å². The predicted molar refractivity (Wildman–Crippen MR) is 130 cm³/mol. The summed E-state index contributed by atoms with van der Waals surface area (Å²) in [5, 5.41) is 3.18. The summed E-state index contributed by atoms with van der Waals surface area (Å²) >= 11 is 0. The highest BCUT2D eigenvalue weighted by Gasteiger charge is 2.25. The number of rotatable bonds is 12. The van der Waals surface area contributed by atoms with E-state index < -0.39 is 0 Å². The van der Waals surface area contributed by atoms with Crippen LogP contribution >= 0.6 is 0 Å². The summed E-state index contributed by atoms with van der Waals surface area (Å²) in [6.07, 6.45) is 10.9. The third-order valence-corrected chi connectivity index (χ3v) is 5.71. The molecule has 0 aromatic carbocycles. The Hall–Kier alpha value is -0.810. The summed E-state index contributed by atoms with van der Waals surface area (Å²) in [6.45, 7) is 23.9. The second-order valence-electron chi connectivity index (χ2n) is 9.87. The minimum atomic E-state index is -0.387. The normalized spacial score (nSPS) is 14.8. The van der Waals surface area contributed by atoms with E-state index in [4.69, 9.17) is 4.74 Å². The first kappa shape index (κ1) is 29.2. The molecule has 5 heteroatoms. The van der Waals surface area contributed by atoms with E-state index in [0.717, 1.165) is 26.2 Å². The van der Waals surface area contributed by atoms with Crippen molar-refractivity contribution in [1.29, 1.82) is 0 Å². The fourth-order valence-electron chi connectivity index (χ4n) is 3.82. The van der Waals surface area contributed by atoms with Crippen LogP contribution in [0.25, 0.3) is 0 Å². The highest BCUT2D eigenvalue weighted by Crippen LogP contribution is 2.16. The molecule has 0 saturated carbocycles. The summed E-state index contributed by atoms with van der Waals surface area (Å²) < 4.78 is 6.66. The first-order valence-corrected chi connectivity index (χ1v) is 12.8. The van der Waals surface area contributed by atoms with Crippen molar-refractivity contribution in [3.05, 3.63) is 0 Å². The van der Waals surface area contributed by atoms with Crippen molar-refractivity contribution < 1.29 is 14.0 Å². The maximum atomic E-state index is 11.5. The van der Waals surface area contributed by atoms with Crippen molar-refractivity contribution in [3.8, 4) is 0 Å². The molecule has 1 aliphatic rings. The van der Waals surface area contributed by atoms with E-state index in [9.17, 15) is 4.79 Å². The molecule has 0 radical (unpaired) electrons. The average Bonchev–Trinajstić information content (AvgIpc) is 2.72. The zero-order valence-corrected chi connectivity index (χ0v) is 21.5. The molecule has 5 nitrogen and oxygen atoms in total. The molecular formula is C25H54N3O2+. The molecule has 1 saturated heterocycles. The quantitative estimate of drug-likeness (QED) is 0.398. The van der Waals surface area contributed by atoms with Gasteiger partial charge in [0.2, 0.25) is 0 Å². The van der Waals surface area contributed by atoms with Gasteiger partial charge in [-0.15, -0.1) is 0 Å². The van der Waals surface area contributed by atoms with E-state index in [-0.39, 0.29) is 11.7 Å². The van der Waals surface area contributed by atoms with Crippen LogP contribution in [0.3, 0.4) is 0 Å². The lowest BCUT2D eigenvalue weighted by Gasteiger charge is -2.39. The maximum Gasteiger partial charge on any atom is 0.410 e. The number of nitrogens with one attached hydrogen (secondary N) is 1. The van der Waals surface area contributed by atoms with Crippen molar-refractivity contribution in [2.45, 2.75) is 105 Å². The van der Waals surface area contributed by atoms with Gasteiger partial charge < -0.3 is 19.4 Å². The molecule has 0 aromatic heterocycles. The molecule has 1 N–H and O–H groups in total. The van der Waals surface area contributed by atoms with Gasteiger partial charge in [-0.05, 0) is 46.5 Å². The maximum absolute atomic E-state index is 11.5. The van der Waals surface area contributed by atoms with E-state index in [1.54, 1.807) is 4.90 Å². The second kappa shape index (κ2) is 16.8. The van der Waals surface area contributed by atoms with Crippen molar-refractivity contribution >= 4 is 6.09 Å². The van der Waals surface area contributed by atoms with E-state index in [1.165, 1.54) is 82.0 Å². The lowest BCUT2D eigenvalue weighted by Crippen LogP contribution is -2.50. The first-order chi connectivity index (χ1) is 14.2. The van der Waals surface area contributed by atoms with Crippen LogP contribution in [0.2, 0.25) is 0 Å². The fourth-order valence-corrected chi connectivity index (χ4v) is 3.82. The van der Waals surface area contributed by atoms with Crippen LogP contribution in [0.15, 0.2) is 0 Å². The van der Waals surface area contributed by atoms with Crippen molar-refractivity contribution in [3.63, 3.8) is 0 Å². The van der Waals surface area contributed by atoms with Gasteiger partial charge in [-0.2, -0.15) is 0 Å². The van der Waals surface area contributed by atoms with Crippen LogP contribution in [-0.4, -0.2) is 73.4 Å². The second-order valence-corrected chi connectivity index (χ2v) is 9.87. The number of quaternary nitrogens is 1. The van der Waals surface area contributed by atoms with Gasteiger partial charge in [0.25, 0.3) is 0 Å². The molecule has 0 aliphatic carbocycles. The Morgan fingerprint density at radius 3 is 1.47 bits per heavy atom. The number of ether oxygens (including phenoxy) is 1. The number of piperazine rings is 1. The molecule has 1 heterocycles. The molecular weight excluding hydrogens is 374 g/mol. The average molecular weight is 429 g/mol. The molecule has 0 aromatic rings. The highest BCUT2D eigenvalue weighted by atomic mass is 16.6. The Morgan fingerprint density at radius 2 is 1.17 bits per heavy atom. The van der Waals surface area contributed by atoms with Crippen LogP contribution < -0.4 is 5.32 Å². The largest absolute Gasteiger partial charge is 0.444 e. The third kappa shape index (κ3) is 14.2. The molecule has 0 spiro atoms. The van der Waals surface area contributed by atoms with Gasteiger partial charge >= 0.3 is 6.09 Å². The Bertz CT molecular complexity index is 378. The molecule has 1 fully saturated rings. The van der Waals surface area contributed by atoms with E-state index in [1.807, 2.05) is 20.8 Å². The van der Waals surface area contributed by atoms with Gasteiger partial charge in [-0.1, -0.05) is 53.4 Å². The standard InChI is InChI=1S/C16H36N.C9H18N2O2/c1-5-9-13-17(14-10-6-2,15-11-7-3)16-12-8-4;1-9(2,3)13-8(12)11-6-4-10-5-7-11/h5-16H2,1-4H3;10H,4-7H2,1-3H3/q+1;. The topological polar surface area (TPSA) is 41.6 Å². The molecule has 1 amide bonds. The Kier molecular flexibility index (Phi) is 16.4. The van der Waals surface area contributed by atoms with Crippen LogP contribution in [-0.2, 0) is 4.74 Å². The number of carbonyl (C=O) groups is 1. The lowest BCUT2D eigenvalue weighted by atomic mass is 10.1. The lowest BCUT2D eigenvalue weighted by molar-refractivity contribution is -0.929. The highest BCUT2D eigenvalue weighted by molar-refractivity contribution is 5.68. The Labute approximate surface area is 188 Å². The summed E-state index contributed by atoms with van der Waals surface area (Å²) in [5.74, 6) is 0. The van der Waals surface area contributed by atoms with E-state index in [0.29, 0.717) is 0 Å². The molecule has 30 heavy (non-hydrogen) atoms. The molecule has 0 bridgehead atoms. The van der Waals surface area contributed by atoms with Crippen molar-refractivity contribution in [1.82, 2.24) is 10.2 Å². The minimum absolute atomic E-state index is 0.200. The Balaban J connectivity index is 0.000000579. The zero-order chi connectivity index (χ0) is 22.9. The predicted octanol–water partition coefficient (Wildman–Crippen LogP) is 5.83. The van der Waals surface area contributed by atoms with Gasteiger partial charge in [-0.3, -0.25) is 0 Å². The van der Waals surface area contributed by atoms with Crippen LogP contribution in [0.5, 0.6) is 0 Å². The number of amides is 1. The van der Waals surface area contributed by atoms with E-state index >= 15 is 0 Å². The molecule has 0 atom stereocenters. The zero-order valence-electron chi connectivity index (χ0n) is 21.5. The summed E-state index contributed by atoms with van der Waals surface area (Å²) in [7, 11) is 0. The number of carbonyl (C=O) groups excluding carboxylic acids is 1. The van der Waals surface area contributed by atoms with Gasteiger partial charge in [-0.25, -0.2) is 4.79 Å². The van der Waals surface area contributed by atoms with Gasteiger partial charge in [0.05, 0.1) is 26.2 Å². The van der Waals surface area contributed by atoms with Crippen LogP contribution in [0, 0.1) is 0 Å². The summed E-state index contributed by atoms with van der Waals surface area (Å²) in [6, 6.07) is 0. The summed E-state index contributed by atoms with van der Waals surface area (Å²) in [5.41, 5.74) is -0.387. The fraction of sp³-hybridized carbons (Fsp3) is 0.960. The minimum Gasteiger partial charge on any atom is -0.444 e.